The third-order valence-electron chi connectivity index (χ3n) is 8.68. The number of halogens is 1. The van der Waals surface area contributed by atoms with Gasteiger partial charge in [0.15, 0.2) is 5.58 Å². The number of piperidine rings is 1. The molecule has 208 valence electrons. The van der Waals surface area contributed by atoms with E-state index in [0.29, 0.717) is 36.3 Å². The summed E-state index contributed by atoms with van der Waals surface area (Å²) < 4.78 is 24.2. The fraction of sp³-hybridized carbons (Fsp3) is 0.586. The molecule has 0 radical (unpaired) electrons. The Balaban J connectivity index is 0.903. The number of hydrogen-bond acceptors (Lipinski definition) is 8. The highest BCUT2D eigenvalue weighted by atomic mass is 19.1. The first-order valence-corrected chi connectivity index (χ1v) is 14.3. The molecule has 4 heterocycles. The Morgan fingerprint density at radius 3 is 2.54 bits per heavy atom. The Kier molecular flexibility index (Phi) is 8.01. The van der Waals surface area contributed by atoms with Gasteiger partial charge in [0.1, 0.15) is 17.3 Å². The largest absolute Gasteiger partial charge is 0.378 e. The molecule has 0 bridgehead atoms. The first-order valence-electron chi connectivity index (χ1n) is 14.3. The maximum absolute atomic E-state index is 13.5. The quantitative estimate of drug-likeness (QED) is 0.481. The number of nitrogens with one attached hydrogen (secondary N) is 1. The predicted octanol–water partition coefficient (Wildman–Crippen LogP) is 4.15. The SMILES string of the molecule is O=C(N[C@H]1CC[C@H](CCN2CCC(c3noc4cc(F)ccc34)CC2)CC1)c1cnc(N2CCOCC2)cn1. The average Bonchev–Trinajstić information content (AvgIpc) is 3.40. The van der Waals surface area contributed by atoms with Crippen molar-refractivity contribution in [1.29, 1.82) is 0 Å². The van der Waals surface area contributed by atoms with Gasteiger partial charge in [-0.1, -0.05) is 5.16 Å². The maximum Gasteiger partial charge on any atom is 0.271 e. The minimum Gasteiger partial charge on any atom is -0.378 e. The molecule has 3 aliphatic rings. The van der Waals surface area contributed by atoms with Crippen LogP contribution in [0.15, 0.2) is 35.1 Å². The van der Waals surface area contributed by atoms with Gasteiger partial charge in [-0.25, -0.2) is 14.4 Å². The van der Waals surface area contributed by atoms with E-state index < -0.39 is 0 Å². The first-order chi connectivity index (χ1) is 19.1. The summed E-state index contributed by atoms with van der Waals surface area (Å²) in [7, 11) is 0. The number of fused-ring (bicyclic) bond motifs is 1. The molecule has 3 fully saturated rings. The molecule has 1 saturated carbocycles. The van der Waals surface area contributed by atoms with Crippen LogP contribution in [-0.4, -0.2) is 77.9 Å². The topological polar surface area (TPSA) is 96.6 Å². The van der Waals surface area contributed by atoms with Crippen LogP contribution in [0.3, 0.4) is 0 Å². The Morgan fingerprint density at radius 1 is 1.00 bits per heavy atom. The lowest BCUT2D eigenvalue weighted by Crippen LogP contribution is -2.39. The monoisotopic (exact) mass is 536 g/mol. The summed E-state index contributed by atoms with van der Waals surface area (Å²) >= 11 is 0. The normalized spacial score (nSPS) is 23.3. The average molecular weight is 537 g/mol. The Hall–Kier alpha value is -3.11. The van der Waals surface area contributed by atoms with Gasteiger partial charge in [0, 0.05) is 36.5 Å². The molecule has 2 saturated heterocycles. The molecule has 0 atom stereocenters. The first kappa shape index (κ1) is 26.1. The van der Waals surface area contributed by atoms with Gasteiger partial charge in [0.2, 0.25) is 0 Å². The molecular weight excluding hydrogens is 499 g/mol. The zero-order valence-corrected chi connectivity index (χ0v) is 22.4. The van der Waals surface area contributed by atoms with Crippen LogP contribution in [0.4, 0.5) is 10.2 Å². The molecule has 0 unspecified atom stereocenters. The molecule has 2 aromatic heterocycles. The van der Waals surface area contributed by atoms with E-state index in [4.69, 9.17) is 9.26 Å². The lowest BCUT2D eigenvalue weighted by Gasteiger charge is -2.34. The van der Waals surface area contributed by atoms with Crippen molar-refractivity contribution < 1.29 is 18.4 Å². The number of carbonyl (C=O) groups is 1. The summed E-state index contributed by atoms with van der Waals surface area (Å²) in [5, 5.41) is 8.39. The number of aromatic nitrogens is 3. The highest BCUT2D eigenvalue weighted by Gasteiger charge is 2.27. The number of morpholine rings is 1. The van der Waals surface area contributed by atoms with Gasteiger partial charge >= 0.3 is 0 Å². The molecule has 10 heteroatoms. The number of hydrogen-bond donors (Lipinski definition) is 1. The fourth-order valence-corrected chi connectivity index (χ4v) is 6.27. The zero-order chi connectivity index (χ0) is 26.6. The highest BCUT2D eigenvalue weighted by molar-refractivity contribution is 5.92. The third kappa shape index (κ3) is 6.22. The number of carbonyl (C=O) groups excluding carboxylic acids is 1. The number of nitrogens with zero attached hydrogens (tertiary/aromatic N) is 5. The van der Waals surface area contributed by atoms with Crippen molar-refractivity contribution in [3.8, 4) is 0 Å². The van der Waals surface area contributed by atoms with Crippen LogP contribution in [0.25, 0.3) is 11.0 Å². The number of likely N-dealkylation sites (tertiary alicyclic amines) is 1. The van der Waals surface area contributed by atoms with Gasteiger partial charge in [-0.05, 0) is 82.6 Å². The van der Waals surface area contributed by atoms with E-state index in [1.807, 2.05) is 0 Å². The summed E-state index contributed by atoms with van der Waals surface area (Å²) in [6.07, 6.45) is 10.9. The van der Waals surface area contributed by atoms with Crippen molar-refractivity contribution in [2.24, 2.45) is 5.92 Å². The highest BCUT2D eigenvalue weighted by Crippen LogP contribution is 2.33. The molecule has 6 rings (SSSR count). The lowest BCUT2D eigenvalue weighted by atomic mass is 9.83. The zero-order valence-electron chi connectivity index (χ0n) is 22.4. The Bertz CT molecular complexity index is 1250. The fourth-order valence-electron chi connectivity index (χ4n) is 6.27. The van der Waals surface area contributed by atoms with Gasteiger partial charge in [-0.2, -0.15) is 0 Å². The maximum atomic E-state index is 13.5. The lowest BCUT2D eigenvalue weighted by molar-refractivity contribution is 0.0913. The van der Waals surface area contributed by atoms with Crippen molar-refractivity contribution in [3.63, 3.8) is 0 Å². The summed E-state index contributed by atoms with van der Waals surface area (Å²) in [6, 6.07) is 4.89. The van der Waals surface area contributed by atoms with Crippen LogP contribution < -0.4 is 10.2 Å². The van der Waals surface area contributed by atoms with E-state index in [0.717, 1.165) is 88.1 Å². The second kappa shape index (κ2) is 12.0. The van der Waals surface area contributed by atoms with Crippen molar-refractivity contribution in [2.75, 3.05) is 50.8 Å². The summed E-state index contributed by atoms with van der Waals surface area (Å²) in [5.74, 6) is 1.44. The summed E-state index contributed by atoms with van der Waals surface area (Å²) in [5.41, 5.74) is 1.89. The van der Waals surface area contributed by atoms with Crippen LogP contribution in [-0.2, 0) is 4.74 Å². The van der Waals surface area contributed by atoms with Crippen LogP contribution in [0.5, 0.6) is 0 Å². The van der Waals surface area contributed by atoms with Crippen molar-refractivity contribution in [2.45, 2.75) is 56.9 Å². The molecule has 0 spiro atoms. The van der Waals surface area contributed by atoms with Crippen LogP contribution in [0.1, 0.15) is 67.0 Å². The van der Waals surface area contributed by atoms with Gasteiger partial charge in [-0.3, -0.25) is 4.79 Å². The Morgan fingerprint density at radius 2 is 1.79 bits per heavy atom. The number of amides is 1. The molecule has 39 heavy (non-hydrogen) atoms. The van der Waals surface area contributed by atoms with Crippen molar-refractivity contribution in [3.05, 3.63) is 47.8 Å². The molecule has 1 amide bonds. The van der Waals surface area contributed by atoms with E-state index in [2.05, 4.69) is 30.2 Å². The number of benzene rings is 1. The van der Waals surface area contributed by atoms with E-state index in [1.54, 1.807) is 18.5 Å². The minimum absolute atomic E-state index is 0.132. The van der Waals surface area contributed by atoms with Gasteiger partial charge in [-0.15, -0.1) is 0 Å². The van der Waals surface area contributed by atoms with E-state index in [1.165, 1.54) is 18.6 Å². The number of rotatable bonds is 7. The molecule has 1 N–H and O–H groups in total. The molecule has 2 aliphatic heterocycles. The van der Waals surface area contributed by atoms with E-state index >= 15 is 0 Å². The van der Waals surface area contributed by atoms with E-state index in [-0.39, 0.29) is 17.8 Å². The van der Waals surface area contributed by atoms with E-state index in [9.17, 15) is 9.18 Å². The standard InChI is InChI=1S/C29H37FN6O3/c30-22-3-6-24-26(17-22)39-34-28(24)21-8-11-35(12-9-21)10-7-20-1-4-23(5-2-20)33-29(37)25-18-32-27(19-31-25)36-13-15-38-16-14-36/h3,6,17-21,23H,1-2,4-5,7-16H2,(H,33,37)/t20-,23-. The van der Waals surface area contributed by atoms with Crippen LogP contribution in [0.2, 0.25) is 0 Å². The minimum atomic E-state index is -0.292. The third-order valence-corrected chi connectivity index (χ3v) is 8.68. The smallest absolute Gasteiger partial charge is 0.271 e. The summed E-state index contributed by atoms with van der Waals surface area (Å²) in [4.78, 5) is 26.2. The van der Waals surface area contributed by atoms with Crippen molar-refractivity contribution >= 4 is 22.7 Å². The molecule has 9 nitrogen and oxygen atoms in total. The molecule has 1 aliphatic carbocycles. The summed E-state index contributed by atoms with van der Waals surface area (Å²) in [6.45, 7) is 6.20. The van der Waals surface area contributed by atoms with Crippen LogP contribution >= 0.6 is 0 Å². The second-order valence-corrected chi connectivity index (χ2v) is 11.2. The number of ether oxygens (including phenoxy) is 1. The molecular formula is C29H37FN6O3. The predicted molar refractivity (Wildman–Crippen MR) is 145 cm³/mol. The van der Waals surface area contributed by atoms with Gasteiger partial charge in [0.05, 0.1) is 31.3 Å². The molecule has 3 aromatic rings. The van der Waals surface area contributed by atoms with Gasteiger partial charge in [0.25, 0.3) is 5.91 Å². The van der Waals surface area contributed by atoms with Gasteiger partial charge < -0.3 is 24.4 Å². The van der Waals surface area contributed by atoms with Crippen LogP contribution in [0, 0.1) is 11.7 Å². The Labute approximate surface area is 228 Å². The number of anilines is 1. The second-order valence-electron chi connectivity index (χ2n) is 11.2. The molecule has 1 aromatic carbocycles. The van der Waals surface area contributed by atoms with Crippen molar-refractivity contribution in [1.82, 2.24) is 25.3 Å².